The fourth-order valence-corrected chi connectivity index (χ4v) is 6.73. The van der Waals surface area contributed by atoms with Gasteiger partial charge in [0.05, 0.1) is 32.2 Å². The van der Waals surface area contributed by atoms with Gasteiger partial charge in [-0.25, -0.2) is 19.6 Å². The van der Waals surface area contributed by atoms with Crippen molar-refractivity contribution in [3.05, 3.63) is 66.7 Å². The van der Waals surface area contributed by atoms with E-state index in [0.717, 1.165) is 39.6 Å². The molecule has 0 bridgehead atoms. The molecule has 2 aromatic heterocycles. The van der Waals surface area contributed by atoms with E-state index in [1.807, 2.05) is 97.0 Å². The lowest BCUT2D eigenvalue weighted by Gasteiger charge is -2.33. The number of carbonyl (C=O) groups excluding carboxylic acids is 5. The highest BCUT2D eigenvalue weighted by atomic mass is 16.5. The quantitative estimate of drug-likeness (QED) is 0.0880. The fraction of sp³-hybridized carbons (Fsp3) is 0.465. The monoisotopic (exact) mass is 798 g/mol. The number of fused-ring (bicyclic) bond motifs is 1. The first kappa shape index (κ1) is 44.7. The lowest BCUT2D eigenvalue weighted by molar-refractivity contribution is -0.140. The minimum atomic E-state index is -0.862. The number of anilines is 1. The van der Waals surface area contributed by atoms with Gasteiger partial charge in [0.15, 0.2) is 0 Å². The molecule has 0 saturated heterocycles. The van der Waals surface area contributed by atoms with E-state index in [2.05, 4.69) is 30.9 Å². The number of rotatable bonds is 17. The number of hydrogen-bond acceptors (Lipinski definition) is 9. The van der Waals surface area contributed by atoms with E-state index < -0.39 is 36.2 Å². The Morgan fingerprint density at radius 2 is 1.24 bits per heavy atom. The summed E-state index contributed by atoms with van der Waals surface area (Å²) in [4.78, 5) is 80.6. The van der Waals surface area contributed by atoms with Gasteiger partial charge in [0.1, 0.15) is 29.8 Å². The Morgan fingerprint density at radius 3 is 1.79 bits per heavy atom. The first-order valence-corrected chi connectivity index (χ1v) is 19.8. The summed E-state index contributed by atoms with van der Waals surface area (Å²) in [5.41, 5.74) is 3.64. The third-order valence-corrected chi connectivity index (χ3v) is 10.1. The summed E-state index contributed by atoms with van der Waals surface area (Å²) in [6, 6.07) is 13.0. The number of hydrogen-bond donors (Lipinski definition) is 4. The maximum atomic E-state index is 13.7. The van der Waals surface area contributed by atoms with Crippen LogP contribution in [0.4, 0.5) is 15.4 Å². The molecule has 2 aromatic carbocycles. The number of methoxy groups -OCH3 is 2. The molecular formula is C43H58N8O7. The highest BCUT2D eigenvalue weighted by Gasteiger charge is 2.35. The topological polar surface area (TPSA) is 188 Å². The number of alkyl carbamates (subject to hydrolysis) is 2. The zero-order chi connectivity index (χ0) is 42.7. The van der Waals surface area contributed by atoms with Crippen molar-refractivity contribution in [3.63, 3.8) is 0 Å². The zero-order valence-electron chi connectivity index (χ0n) is 35.2. The summed E-state index contributed by atoms with van der Waals surface area (Å²) in [6.07, 6.45) is 3.35. The Morgan fingerprint density at radius 1 is 0.707 bits per heavy atom. The molecule has 0 saturated carbocycles. The normalized spacial score (nSPS) is 13.3. The molecule has 4 rings (SSSR count). The van der Waals surface area contributed by atoms with Gasteiger partial charge < -0.3 is 40.2 Å². The van der Waals surface area contributed by atoms with Crippen molar-refractivity contribution in [2.75, 3.05) is 32.6 Å². The molecule has 0 fully saturated rings. The van der Waals surface area contributed by atoms with Gasteiger partial charge in [-0.15, -0.1) is 0 Å². The van der Waals surface area contributed by atoms with E-state index in [9.17, 15) is 24.0 Å². The number of aromatic nitrogens is 3. The standard InChI is InChI=1S/C43H58N8O7/c1-11-21-50(40(53)35(25(3)4)47-42(55)57-9)27(7)37-45-24-34(46-37)30-15-13-29(14-16-30)31-17-18-33-32(23-31)19-20-44-38(33)49-39(52)28(8)51(22-12-2)41(54)36(26(5)6)48-43(56)58-10/h13-20,23-28,35-36H,11-12,21-22H2,1-10H3,(H,45,46)(H,47,55)(H,48,56)(H,44,49,52)/t27-,28-,35-,36-/m0/s1. The molecule has 4 aromatic rings. The molecule has 15 nitrogen and oxygen atoms in total. The molecule has 0 unspecified atom stereocenters. The van der Waals surface area contributed by atoms with Gasteiger partial charge in [-0.05, 0) is 72.7 Å². The van der Waals surface area contributed by atoms with Crippen LogP contribution in [0.1, 0.15) is 80.1 Å². The van der Waals surface area contributed by atoms with E-state index in [1.165, 1.54) is 19.1 Å². The van der Waals surface area contributed by atoms with Crippen LogP contribution >= 0.6 is 0 Å². The van der Waals surface area contributed by atoms with Crippen molar-refractivity contribution in [1.82, 2.24) is 35.4 Å². The van der Waals surface area contributed by atoms with Crippen LogP contribution in [0.5, 0.6) is 0 Å². The average molecular weight is 799 g/mol. The fourth-order valence-electron chi connectivity index (χ4n) is 6.73. The van der Waals surface area contributed by atoms with Crippen LogP contribution in [0.25, 0.3) is 33.2 Å². The molecule has 0 spiro atoms. The number of imidazole rings is 1. The van der Waals surface area contributed by atoms with Crippen LogP contribution in [0, 0.1) is 11.8 Å². The predicted molar refractivity (Wildman–Crippen MR) is 224 cm³/mol. The van der Waals surface area contributed by atoms with Crippen LogP contribution in [-0.4, -0.2) is 100 Å². The SMILES string of the molecule is CCCN(C(=O)[C@@H](NC(=O)OC)C(C)C)[C@@H](C)C(=O)Nc1nccc2cc(-c3ccc(-c4cnc([C@H](C)N(CCC)C(=O)[C@@H](NC(=O)OC)C(C)C)[nH]4)cc3)ccc12. The molecule has 0 radical (unpaired) electrons. The molecule has 5 amide bonds. The Bertz CT molecular complexity index is 2050. The van der Waals surface area contributed by atoms with E-state index >= 15 is 0 Å². The molecule has 4 atom stereocenters. The first-order valence-electron chi connectivity index (χ1n) is 19.8. The van der Waals surface area contributed by atoms with Crippen molar-refractivity contribution >= 4 is 46.5 Å². The van der Waals surface area contributed by atoms with Crippen molar-refractivity contribution in [3.8, 4) is 22.4 Å². The largest absolute Gasteiger partial charge is 0.453 e. The molecule has 312 valence electrons. The number of nitrogens with one attached hydrogen (secondary N) is 4. The molecular weight excluding hydrogens is 741 g/mol. The van der Waals surface area contributed by atoms with E-state index in [1.54, 1.807) is 24.2 Å². The molecule has 58 heavy (non-hydrogen) atoms. The Balaban J connectivity index is 1.51. The van der Waals surface area contributed by atoms with Crippen molar-refractivity contribution < 1.29 is 33.4 Å². The van der Waals surface area contributed by atoms with Gasteiger partial charge in [-0.1, -0.05) is 77.9 Å². The average Bonchev–Trinajstić information content (AvgIpc) is 3.72. The predicted octanol–water partition coefficient (Wildman–Crippen LogP) is 6.92. The number of H-pyrrole nitrogens is 1. The number of aromatic amines is 1. The number of pyridine rings is 1. The minimum absolute atomic E-state index is 0.150. The summed E-state index contributed by atoms with van der Waals surface area (Å²) in [5.74, 6) is -0.365. The second-order valence-corrected chi connectivity index (χ2v) is 15.0. The number of carbonyl (C=O) groups is 5. The molecule has 2 heterocycles. The summed E-state index contributed by atoms with van der Waals surface area (Å²) in [5, 5.41) is 9.81. The van der Waals surface area contributed by atoms with E-state index in [0.29, 0.717) is 31.2 Å². The summed E-state index contributed by atoms with van der Waals surface area (Å²) in [7, 11) is 2.51. The number of benzene rings is 2. The van der Waals surface area contributed by atoms with Crippen LogP contribution in [0.2, 0.25) is 0 Å². The number of amides is 5. The Labute approximate surface area is 340 Å². The van der Waals surface area contributed by atoms with Gasteiger partial charge in [0.25, 0.3) is 0 Å². The second kappa shape index (κ2) is 20.4. The van der Waals surface area contributed by atoms with Gasteiger partial charge in [0, 0.05) is 24.7 Å². The summed E-state index contributed by atoms with van der Waals surface area (Å²) < 4.78 is 9.48. The summed E-state index contributed by atoms with van der Waals surface area (Å²) >= 11 is 0. The van der Waals surface area contributed by atoms with Crippen LogP contribution in [-0.2, 0) is 23.9 Å². The number of nitrogens with zero attached hydrogens (tertiary/aromatic N) is 4. The maximum absolute atomic E-state index is 13.7. The van der Waals surface area contributed by atoms with Crippen molar-refractivity contribution in [2.45, 2.75) is 92.4 Å². The highest BCUT2D eigenvalue weighted by Crippen LogP contribution is 2.30. The molecule has 4 N–H and O–H groups in total. The molecule has 0 aliphatic rings. The lowest BCUT2D eigenvalue weighted by atomic mass is 10.00. The van der Waals surface area contributed by atoms with Crippen LogP contribution in [0.15, 0.2) is 60.9 Å². The molecule has 15 heteroatoms. The Kier molecular flexibility index (Phi) is 15.8. The molecule has 0 aliphatic heterocycles. The van der Waals surface area contributed by atoms with Gasteiger partial charge in [-0.2, -0.15) is 0 Å². The lowest BCUT2D eigenvalue weighted by Crippen LogP contribution is -2.56. The number of ether oxygens (including phenoxy) is 2. The van der Waals surface area contributed by atoms with Gasteiger partial charge >= 0.3 is 12.2 Å². The smallest absolute Gasteiger partial charge is 0.407 e. The summed E-state index contributed by atoms with van der Waals surface area (Å²) in [6.45, 7) is 15.7. The van der Waals surface area contributed by atoms with Crippen molar-refractivity contribution in [1.29, 1.82) is 0 Å². The zero-order valence-corrected chi connectivity index (χ0v) is 35.2. The molecule has 0 aliphatic carbocycles. The maximum Gasteiger partial charge on any atom is 0.407 e. The van der Waals surface area contributed by atoms with Gasteiger partial charge in [-0.3, -0.25) is 14.4 Å². The Hall–Kier alpha value is -5.99. The second-order valence-electron chi connectivity index (χ2n) is 15.0. The minimum Gasteiger partial charge on any atom is -0.453 e. The highest BCUT2D eigenvalue weighted by molar-refractivity contribution is 6.04. The first-order chi connectivity index (χ1) is 27.6. The third-order valence-electron chi connectivity index (χ3n) is 10.1. The third kappa shape index (κ3) is 10.7. The van der Waals surface area contributed by atoms with Crippen molar-refractivity contribution in [2.24, 2.45) is 11.8 Å². The van der Waals surface area contributed by atoms with E-state index in [-0.39, 0.29) is 29.7 Å². The van der Waals surface area contributed by atoms with E-state index in [4.69, 9.17) is 9.47 Å². The van der Waals surface area contributed by atoms with Gasteiger partial charge in [0.2, 0.25) is 17.7 Å². The van der Waals surface area contributed by atoms with Crippen LogP contribution < -0.4 is 16.0 Å². The van der Waals surface area contributed by atoms with Crippen LogP contribution in [0.3, 0.4) is 0 Å².